The van der Waals surface area contributed by atoms with E-state index in [1.54, 1.807) is 0 Å². The van der Waals surface area contributed by atoms with Gasteiger partial charge in [-0.3, -0.25) is 4.79 Å². The third kappa shape index (κ3) is 3.16. The van der Waals surface area contributed by atoms with Crippen LogP contribution in [0.5, 0.6) is 0 Å². The van der Waals surface area contributed by atoms with Crippen molar-refractivity contribution < 1.29 is 5.11 Å². The molecular weight excluding hydrogens is 278 g/mol. The average molecular weight is 297 g/mol. The third-order valence-corrected chi connectivity index (χ3v) is 3.93. The van der Waals surface area contributed by atoms with Gasteiger partial charge in [0.2, 0.25) is 0 Å². The summed E-state index contributed by atoms with van der Waals surface area (Å²) in [4.78, 5) is 18.6. The van der Waals surface area contributed by atoms with Crippen LogP contribution in [0.15, 0.2) is 47.5 Å². The monoisotopic (exact) mass is 297 g/mol. The van der Waals surface area contributed by atoms with E-state index in [1.807, 2.05) is 24.3 Å². The quantitative estimate of drug-likeness (QED) is 0.740. The number of fused-ring (bicyclic) bond motifs is 1. The first-order chi connectivity index (χ1) is 10.8. The molecule has 3 rings (SSSR count). The van der Waals surface area contributed by atoms with Crippen molar-refractivity contribution in [3.05, 3.63) is 69.9 Å². The van der Waals surface area contributed by atoms with Gasteiger partial charge >= 0.3 is 0 Å². The molecule has 0 saturated heterocycles. The number of hydrogen-bond donors (Lipinski definition) is 3. The zero-order valence-corrected chi connectivity index (χ0v) is 12.2. The Hall–Kier alpha value is -2.24. The highest BCUT2D eigenvalue weighted by Gasteiger charge is 2.19. The molecular formula is C17H19N3O2. The number of hydrogen-bond acceptors (Lipinski definition) is 4. The molecule has 0 fully saturated rings. The molecule has 5 nitrogen and oxygen atoms in total. The number of aliphatic hydroxyl groups is 1. The maximum Gasteiger partial charge on any atom is 0.254 e. The van der Waals surface area contributed by atoms with Crippen LogP contribution in [0.3, 0.4) is 0 Å². The van der Waals surface area contributed by atoms with Gasteiger partial charge in [0.15, 0.2) is 0 Å². The SMILES string of the molecule is O=c1[nH]cnc2c1CC=C2CN[C@H](CO)Cc1ccccc1. The number of H-pyrrole nitrogens is 1. The molecule has 0 aliphatic heterocycles. The lowest BCUT2D eigenvalue weighted by Crippen LogP contribution is -2.35. The van der Waals surface area contributed by atoms with Gasteiger partial charge in [-0.15, -0.1) is 0 Å². The summed E-state index contributed by atoms with van der Waals surface area (Å²) in [6, 6.07) is 10.1. The number of aromatic amines is 1. The van der Waals surface area contributed by atoms with E-state index >= 15 is 0 Å². The first kappa shape index (κ1) is 14.7. The van der Waals surface area contributed by atoms with E-state index in [4.69, 9.17) is 0 Å². The van der Waals surface area contributed by atoms with Gasteiger partial charge in [0.25, 0.3) is 5.56 Å². The smallest absolute Gasteiger partial charge is 0.254 e. The van der Waals surface area contributed by atoms with Crippen molar-refractivity contribution in [2.24, 2.45) is 0 Å². The molecule has 22 heavy (non-hydrogen) atoms. The maximum atomic E-state index is 11.7. The summed E-state index contributed by atoms with van der Waals surface area (Å²) in [6.45, 7) is 0.666. The van der Waals surface area contributed by atoms with Gasteiger partial charge in [-0.05, 0) is 24.0 Å². The molecule has 1 aromatic carbocycles. The van der Waals surface area contributed by atoms with Gasteiger partial charge < -0.3 is 15.4 Å². The molecule has 3 N–H and O–H groups in total. The van der Waals surface area contributed by atoms with Crippen molar-refractivity contribution in [1.82, 2.24) is 15.3 Å². The summed E-state index contributed by atoms with van der Waals surface area (Å²) in [5.41, 5.74) is 3.63. The highest BCUT2D eigenvalue weighted by atomic mass is 16.3. The van der Waals surface area contributed by atoms with Crippen molar-refractivity contribution in [1.29, 1.82) is 0 Å². The van der Waals surface area contributed by atoms with Crippen LogP contribution >= 0.6 is 0 Å². The molecule has 0 bridgehead atoms. The van der Waals surface area contributed by atoms with Gasteiger partial charge in [-0.25, -0.2) is 4.98 Å². The van der Waals surface area contributed by atoms with Crippen molar-refractivity contribution in [2.75, 3.05) is 13.2 Å². The summed E-state index contributed by atoms with van der Waals surface area (Å²) in [7, 11) is 0. The topological polar surface area (TPSA) is 78.0 Å². The van der Waals surface area contributed by atoms with Gasteiger partial charge in [0.05, 0.1) is 18.6 Å². The van der Waals surface area contributed by atoms with E-state index in [9.17, 15) is 9.90 Å². The summed E-state index contributed by atoms with van der Waals surface area (Å²) in [5.74, 6) is 0. The summed E-state index contributed by atoms with van der Waals surface area (Å²) in [5, 5.41) is 12.9. The predicted octanol–water partition coefficient (Wildman–Crippen LogP) is 0.903. The zero-order chi connectivity index (χ0) is 15.4. The minimum Gasteiger partial charge on any atom is -0.395 e. The van der Waals surface area contributed by atoms with Crippen LogP contribution in [0.25, 0.3) is 5.57 Å². The Morgan fingerprint density at radius 2 is 2.14 bits per heavy atom. The number of rotatable bonds is 6. The van der Waals surface area contributed by atoms with Crippen molar-refractivity contribution in [3.63, 3.8) is 0 Å². The summed E-state index contributed by atoms with van der Waals surface area (Å²) in [6.07, 6.45) is 4.85. The standard InChI is InChI=1S/C17H19N3O2/c21-10-14(8-12-4-2-1-3-5-12)18-9-13-6-7-15-16(13)19-11-20-17(15)22/h1-6,11,14,18,21H,7-10H2,(H,19,20,22)/t14-/m0/s1. The molecule has 1 aliphatic rings. The molecule has 5 heteroatoms. The Morgan fingerprint density at radius 1 is 1.32 bits per heavy atom. The normalized spacial score (nSPS) is 14.5. The number of allylic oxidation sites excluding steroid dienone is 1. The minimum absolute atomic E-state index is 0.0191. The Balaban J connectivity index is 1.63. The lowest BCUT2D eigenvalue weighted by Gasteiger charge is -2.17. The van der Waals surface area contributed by atoms with Crippen LogP contribution in [0.1, 0.15) is 16.8 Å². The summed E-state index contributed by atoms with van der Waals surface area (Å²) < 4.78 is 0. The zero-order valence-electron chi connectivity index (χ0n) is 12.2. The van der Waals surface area contributed by atoms with Crippen molar-refractivity contribution >= 4 is 5.57 Å². The fraction of sp³-hybridized carbons (Fsp3) is 0.294. The highest BCUT2D eigenvalue weighted by molar-refractivity contribution is 5.70. The van der Waals surface area contributed by atoms with Crippen LogP contribution in [0, 0.1) is 0 Å². The molecule has 0 unspecified atom stereocenters. The second-order valence-electron chi connectivity index (χ2n) is 5.44. The van der Waals surface area contributed by atoms with Crippen LogP contribution in [-0.2, 0) is 12.8 Å². The van der Waals surface area contributed by atoms with Gasteiger partial charge in [0, 0.05) is 18.2 Å². The molecule has 2 aromatic rings. The highest BCUT2D eigenvalue weighted by Crippen LogP contribution is 2.21. The van der Waals surface area contributed by atoms with E-state index < -0.39 is 0 Å². The number of nitrogens with one attached hydrogen (secondary N) is 2. The largest absolute Gasteiger partial charge is 0.395 e. The van der Waals surface area contributed by atoms with E-state index in [0.29, 0.717) is 13.0 Å². The van der Waals surface area contributed by atoms with Gasteiger partial charge in [-0.2, -0.15) is 0 Å². The Kier molecular flexibility index (Phi) is 4.46. The van der Waals surface area contributed by atoms with Crippen LogP contribution in [0.4, 0.5) is 0 Å². The number of aliphatic hydroxyl groups excluding tert-OH is 1. The molecule has 114 valence electrons. The average Bonchev–Trinajstić information content (AvgIpc) is 2.97. The molecule has 0 spiro atoms. The van der Waals surface area contributed by atoms with Gasteiger partial charge in [0.1, 0.15) is 0 Å². The van der Waals surface area contributed by atoms with Crippen LogP contribution in [-0.4, -0.2) is 34.3 Å². The first-order valence-electron chi connectivity index (χ1n) is 7.42. The summed E-state index contributed by atoms with van der Waals surface area (Å²) >= 11 is 0. The molecule has 0 radical (unpaired) electrons. The van der Waals surface area contributed by atoms with Crippen LogP contribution < -0.4 is 10.9 Å². The predicted molar refractivity (Wildman–Crippen MR) is 85.6 cm³/mol. The molecule has 0 saturated carbocycles. The number of nitrogens with zero attached hydrogens (tertiary/aromatic N) is 1. The van der Waals surface area contributed by atoms with E-state index in [0.717, 1.165) is 23.3 Å². The number of aromatic nitrogens is 2. The molecule has 1 aromatic heterocycles. The fourth-order valence-electron chi connectivity index (χ4n) is 2.73. The maximum absolute atomic E-state index is 11.7. The van der Waals surface area contributed by atoms with Crippen LogP contribution in [0.2, 0.25) is 0 Å². The first-order valence-corrected chi connectivity index (χ1v) is 7.42. The third-order valence-electron chi connectivity index (χ3n) is 3.93. The van der Waals surface area contributed by atoms with E-state index in [-0.39, 0.29) is 18.2 Å². The number of benzene rings is 1. The Labute approximate surface area is 128 Å². The van der Waals surface area contributed by atoms with E-state index in [2.05, 4.69) is 27.4 Å². The molecule has 1 atom stereocenters. The Morgan fingerprint density at radius 3 is 2.91 bits per heavy atom. The van der Waals surface area contributed by atoms with Crippen molar-refractivity contribution in [3.8, 4) is 0 Å². The molecule has 0 amide bonds. The molecule has 1 heterocycles. The van der Waals surface area contributed by atoms with Crippen molar-refractivity contribution in [2.45, 2.75) is 18.9 Å². The lowest BCUT2D eigenvalue weighted by atomic mass is 10.1. The minimum atomic E-state index is -0.0701. The second kappa shape index (κ2) is 6.68. The fourth-order valence-corrected chi connectivity index (χ4v) is 2.73. The second-order valence-corrected chi connectivity index (χ2v) is 5.44. The molecule has 1 aliphatic carbocycles. The lowest BCUT2D eigenvalue weighted by molar-refractivity contribution is 0.245. The van der Waals surface area contributed by atoms with E-state index in [1.165, 1.54) is 11.9 Å². The Bertz CT molecular complexity index is 722. The van der Waals surface area contributed by atoms with Gasteiger partial charge in [-0.1, -0.05) is 36.4 Å².